The van der Waals surface area contributed by atoms with Gasteiger partial charge in [-0.05, 0) is 25.8 Å². The zero-order valence-corrected chi connectivity index (χ0v) is 11.6. The van der Waals surface area contributed by atoms with Gasteiger partial charge in [-0.2, -0.15) is 0 Å². The molecule has 0 radical (unpaired) electrons. The molecule has 4 heteroatoms. The van der Waals surface area contributed by atoms with Crippen LogP contribution in [0.3, 0.4) is 0 Å². The maximum absolute atomic E-state index is 10.6. The van der Waals surface area contributed by atoms with Gasteiger partial charge in [-0.25, -0.2) is 0 Å². The Labute approximate surface area is 105 Å². The van der Waals surface area contributed by atoms with Crippen molar-refractivity contribution in [2.75, 3.05) is 26.3 Å². The van der Waals surface area contributed by atoms with Crippen LogP contribution in [0.25, 0.3) is 0 Å². The van der Waals surface area contributed by atoms with E-state index in [-0.39, 0.29) is 12.5 Å². The van der Waals surface area contributed by atoms with E-state index in [0.29, 0.717) is 12.5 Å². The van der Waals surface area contributed by atoms with Gasteiger partial charge in [0.25, 0.3) is 0 Å². The van der Waals surface area contributed by atoms with Crippen molar-refractivity contribution in [2.45, 2.75) is 46.6 Å². The second kappa shape index (κ2) is 9.42. The predicted octanol–water partition coefficient (Wildman–Crippen LogP) is 2.23. The average Bonchev–Trinajstić information content (AvgIpc) is 2.21. The molecular formula is C13H27NO3. The molecule has 0 amide bonds. The molecule has 0 saturated heterocycles. The van der Waals surface area contributed by atoms with Crippen LogP contribution in [0.1, 0.15) is 40.5 Å². The van der Waals surface area contributed by atoms with Crippen LogP contribution in [-0.2, 0) is 9.53 Å². The number of rotatable bonds is 10. The van der Waals surface area contributed by atoms with Crippen molar-refractivity contribution in [1.29, 1.82) is 0 Å². The molecule has 0 rings (SSSR count). The van der Waals surface area contributed by atoms with Crippen LogP contribution in [0.2, 0.25) is 0 Å². The van der Waals surface area contributed by atoms with E-state index in [9.17, 15) is 4.79 Å². The summed E-state index contributed by atoms with van der Waals surface area (Å²) in [4.78, 5) is 12.8. The van der Waals surface area contributed by atoms with Crippen LogP contribution in [0, 0.1) is 5.92 Å². The maximum Gasteiger partial charge on any atom is 0.304 e. The summed E-state index contributed by atoms with van der Waals surface area (Å²) < 4.78 is 5.54. The molecule has 0 aromatic rings. The first-order valence-electron chi connectivity index (χ1n) is 6.50. The molecule has 4 nitrogen and oxygen atoms in total. The molecule has 0 spiro atoms. The molecular weight excluding hydrogens is 218 g/mol. The highest BCUT2D eigenvalue weighted by molar-refractivity contribution is 5.67. The topological polar surface area (TPSA) is 49.8 Å². The Bertz CT molecular complexity index is 207. The van der Waals surface area contributed by atoms with Gasteiger partial charge in [0.1, 0.15) is 0 Å². The minimum Gasteiger partial charge on any atom is -0.481 e. The van der Waals surface area contributed by atoms with Gasteiger partial charge in [-0.1, -0.05) is 20.8 Å². The highest BCUT2D eigenvalue weighted by Gasteiger charge is 2.14. The fourth-order valence-electron chi connectivity index (χ4n) is 1.67. The normalized spacial score (nSPS) is 13.3. The summed E-state index contributed by atoms with van der Waals surface area (Å²) in [6, 6.07) is 0.0752. The molecule has 1 N–H and O–H groups in total. The molecule has 0 aliphatic carbocycles. The summed E-state index contributed by atoms with van der Waals surface area (Å²) >= 11 is 0. The lowest BCUT2D eigenvalue weighted by molar-refractivity contribution is -0.138. The van der Waals surface area contributed by atoms with Crippen molar-refractivity contribution in [3.8, 4) is 0 Å². The van der Waals surface area contributed by atoms with Gasteiger partial charge in [0.2, 0.25) is 0 Å². The Morgan fingerprint density at radius 3 is 2.41 bits per heavy atom. The minimum absolute atomic E-state index is 0.0752. The fraction of sp³-hybridized carbons (Fsp3) is 0.923. The lowest BCUT2D eigenvalue weighted by Crippen LogP contribution is -2.37. The van der Waals surface area contributed by atoms with Crippen LogP contribution in [-0.4, -0.2) is 48.3 Å². The summed E-state index contributed by atoms with van der Waals surface area (Å²) in [5.41, 5.74) is 0. The smallest absolute Gasteiger partial charge is 0.304 e. The van der Waals surface area contributed by atoms with E-state index < -0.39 is 5.97 Å². The van der Waals surface area contributed by atoms with E-state index in [2.05, 4.69) is 18.7 Å². The molecule has 0 saturated carbocycles. The molecule has 1 atom stereocenters. The Hall–Kier alpha value is -0.610. The molecule has 0 aliphatic rings. The van der Waals surface area contributed by atoms with Crippen LogP contribution >= 0.6 is 0 Å². The minimum atomic E-state index is -0.739. The number of carbonyl (C=O) groups is 1. The Morgan fingerprint density at radius 2 is 1.94 bits per heavy atom. The third-order valence-corrected chi connectivity index (χ3v) is 2.86. The van der Waals surface area contributed by atoms with E-state index in [1.165, 1.54) is 0 Å². The monoisotopic (exact) mass is 245 g/mol. The van der Waals surface area contributed by atoms with Gasteiger partial charge < -0.3 is 9.84 Å². The third-order valence-electron chi connectivity index (χ3n) is 2.86. The largest absolute Gasteiger partial charge is 0.481 e. The van der Waals surface area contributed by atoms with Gasteiger partial charge in [-0.15, -0.1) is 0 Å². The van der Waals surface area contributed by atoms with E-state index in [4.69, 9.17) is 9.84 Å². The first-order chi connectivity index (χ1) is 7.97. The molecule has 0 fully saturated rings. The van der Waals surface area contributed by atoms with Gasteiger partial charge in [0, 0.05) is 19.2 Å². The zero-order valence-electron chi connectivity index (χ0n) is 11.6. The number of aliphatic carboxylic acids is 1. The van der Waals surface area contributed by atoms with E-state index in [1.807, 2.05) is 13.8 Å². The zero-order chi connectivity index (χ0) is 13.3. The number of carboxylic acid groups (broad SMARTS) is 1. The Balaban J connectivity index is 3.70. The van der Waals surface area contributed by atoms with E-state index in [1.54, 1.807) is 0 Å². The van der Waals surface area contributed by atoms with E-state index >= 15 is 0 Å². The number of ether oxygens (including phenoxy) is 1. The SMILES string of the molecule is CCN(CCOCCC(C)C)C(C)CC(=O)O. The van der Waals surface area contributed by atoms with Crippen molar-refractivity contribution < 1.29 is 14.6 Å². The molecule has 0 heterocycles. The fourth-order valence-corrected chi connectivity index (χ4v) is 1.67. The summed E-state index contributed by atoms with van der Waals surface area (Å²) in [6.45, 7) is 11.5. The second-order valence-electron chi connectivity index (χ2n) is 4.87. The standard InChI is InChI=1S/C13H27NO3/c1-5-14(12(4)10-13(15)16)7-9-17-8-6-11(2)3/h11-12H,5-10H2,1-4H3,(H,15,16). The summed E-state index contributed by atoms with van der Waals surface area (Å²) in [6.07, 6.45) is 1.27. The van der Waals surface area contributed by atoms with Crippen molar-refractivity contribution in [3.63, 3.8) is 0 Å². The molecule has 102 valence electrons. The van der Waals surface area contributed by atoms with Gasteiger partial charge in [0.15, 0.2) is 0 Å². The lowest BCUT2D eigenvalue weighted by atomic mass is 10.1. The van der Waals surface area contributed by atoms with Crippen molar-refractivity contribution in [3.05, 3.63) is 0 Å². The number of likely N-dealkylation sites (N-methyl/N-ethyl adjacent to an activating group) is 1. The highest BCUT2D eigenvalue weighted by Crippen LogP contribution is 2.04. The molecule has 17 heavy (non-hydrogen) atoms. The summed E-state index contributed by atoms with van der Waals surface area (Å²) in [5.74, 6) is -0.0695. The first-order valence-corrected chi connectivity index (χ1v) is 6.50. The van der Waals surface area contributed by atoms with Crippen molar-refractivity contribution in [2.24, 2.45) is 5.92 Å². The number of hydrogen-bond donors (Lipinski definition) is 1. The molecule has 0 aromatic carbocycles. The third kappa shape index (κ3) is 9.12. The number of nitrogens with zero attached hydrogens (tertiary/aromatic N) is 1. The molecule has 0 aliphatic heterocycles. The summed E-state index contributed by atoms with van der Waals surface area (Å²) in [5, 5.41) is 8.74. The van der Waals surface area contributed by atoms with Gasteiger partial charge in [-0.3, -0.25) is 9.69 Å². The van der Waals surface area contributed by atoms with Crippen LogP contribution in [0.5, 0.6) is 0 Å². The lowest BCUT2D eigenvalue weighted by Gasteiger charge is -2.26. The Kier molecular flexibility index (Phi) is 9.09. The maximum atomic E-state index is 10.6. The van der Waals surface area contributed by atoms with Crippen LogP contribution in [0.4, 0.5) is 0 Å². The highest BCUT2D eigenvalue weighted by atomic mass is 16.5. The average molecular weight is 245 g/mol. The predicted molar refractivity (Wildman–Crippen MR) is 69.2 cm³/mol. The van der Waals surface area contributed by atoms with Crippen LogP contribution in [0.15, 0.2) is 0 Å². The van der Waals surface area contributed by atoms with Crippen molar-refractivity contribution in [1.82, 2.24) is 4.90 Å². The molecule has 1 unspecified atom stereocenters. The molecule has 0 aromatic heterocycles. The van der Waals surface area contributed by atoms with Gasteiger partial charge in [0.05, 0.1) is 13.0 Å². The quantitative estimate of drug-likeness (QED) is 0.600. The number of carboxylic acids is 1. The first kappa shape index (κ1) is 16.4. The van der Waals surface area contributed by atoms with Crippen molar-refractivity contribution >= 4 is 5.97 Å². The summed E-state index contributed by atoms with van der Waals surface area (Å²) in [7, 11) is 0. The second-order valence-corrected chi connectivity index (χ2v) is 4.87. The van der Waals surface area contributed by atoms with Crippen LogP contribution < -0.4 is 0 Å². The molecule has 0 bridgehead atoms. The number of hydrogen-bond acceptors (Lipinski definition) is 3. The Morgan fingerprint density at radius 1 is 1.29 bits per heavy atom. The van der Waals surface area contributed by atoms with E-state index in [0.717, 1.165) is 26.1 Å². The van der Waals surface area contributed by atoms with Gasteiger partial charge >= 0.3 is 5.97 Å².